The molecular weight excluding hydrogens is 397 g/mol. The van der Waals surface area contributed by atoms with E-state index in [0.29, 0.717) is 0 Å². The van der Waals surface area contributed by atoms with Gasteiger partial charge in [-0.05, 0) is 29.8 Å². The summed E-state index contributed by atoms with van der Waals surface area (Å²) >= 11 is 1.62. The number of hydrogen-bond donors (Lipinski definition) is 0. The van der Waals surface area contributed by atoms with Gasteiger partial charge < -0.3 is 4.84 Å². The number of aromatic nitrogens is 2. The van der Waals surface area contributed by atoms with Crippen molar-refractivity contribution in [2.75, 3.05) is 0 Å². The molecule has 6 heteroatoms. The molecule has 0 aliphatic heterocycles. The summed E-state index contributed by atoms with van der Waals surface area (Å²) in [6, 6.07) is 26.3. The highest BCUT2D eigenvalue weighted by molar-refractivity contribution is 7.99. The third-order valence-corrected chi connectivity index (χ3v) is 5.62. The molecule has 0 atom stereocenters. The van der Waals surface area contributed by atoms with Crippen LogP contribution < -0.4 is 0 Å². The van der Waals surface area contributed by atoms with Gasteiger partial charge in [0.05, 0.1) is 11.8 Å². The van der Waals surface area contributed by atoms with Gasteiger partial charge in [0.1, 0.15) is 23.1 Å². The highest BCUT2D eigenvalue weighted by atomic mass is 32.2. The van der Waals surface area contributed by atoms with E-state index < -0.39 is 0 Å². The van der Waals surface area contributed by atoms with E-state index >= 15 is 0 Å². The SMILES string of the molecule is Cn1nc(-c2ccccc2)c(/C=N\OCc2ccc(F)cc2)c1Sc1ccccc1. The molecule has 0 N–H and O–H groups in total. The van der Waals surface area contributed by atoms with Crippen LogP contribution >= 0.6 is 11.8 Å². The number of rotatable bonds is 7. The number of hydrogen-bond acceptors (Lipinski definition) is 4. The van der Waals surface area contributed by atoms with Crippen molar-refractivity contribution in [1.29, 1.82) is 0 Å². The van der Waals surface area contributed by atoms with E-state index in [2.05, 4.69) is 17.3 Å². The summed E-state index contributed by atoms with van der Waals surface area (Å²) in [5, 5.41) is 9.87. The summed E-state index contributed by atoms with van der Waals surface area (Å²) in [6.07, 6.45) is 1.70. The number of benzene rings is 3. The van der Waals surface area contributed by atoms with Crippen LogP contribution in [-0.4, -0.2) is 16.0 Å². The average molecular weight is 418 g/mol. The van der Waals surface area contributed by atoms with Crippen LogP contribution in [0.15, 0.2) is 100 Å². The van der Waals surface area contributed by atoms with Crippen molar-refractivity contribution >= 4 is 18.0 Å². The minimum atomic E-state index is -0.271. The number of halogens is 1. The van der Waals surface area contributed by atoms with E-state index in [1.807, 2.05) is 60.3 Å². The molecule has 30 heavy (non-hydrogen) atoms. The van der Waals surface area contributed by atoms with Crippen molar-refractivity contribution in [3.05, 3.63) is 102 Å². The maximum atomic E-state index is 13.0. The van der Waals surface area contributed by atoms with Gasteiger partial charge in [0.2, 0.25) is 0 Å². The number of oxime groups is 1. The topological polar surface area (TPSA) is 39.4 Å². The highest BCUT2D eigenvalue weighted by Gasteiger charge is 2.17. The molecule has 0 unspecified atom stereocenters. The lowest BCUT2D eigenvalue weighted by atomic mass is 10.1. The lowest BCUT2D eigenvalue weighted by molar-refractivity contribution is 0.132. The van der Waals surface area contributed by atoms with Crippen molar-refractivity contribution < 1.29 is 9.23 Å². The van der Waals surface area contributed by atoms with Gasteiger partial charge >= 0.3 is 0 Å². The van der Waals surface area contributed by atoms with E-state index in [1.165, 1.54) is 12.1 Å². The lowest BCUT2D eigenvalue weighted by Crippen LogP contribution is -1.94. The van der Waals surface area contributed by atoms with Crippen LogP contribution in [0.25, 0.3) is 11.3 Å². The summed E-state index contributed by atoms with van der Waals surface area (Å²) in [7, 11) is 1.93. The molecule has 4 nitrogen and oxygen atoms in total. The van der Waals surface area contributed by atoms with Gasteiger partial charge in [-0.1, -0.05) is 77.6 Å². The minimum Gasteiger partial charge on any atom is -0.391 e. The molecule has 0 fully saturated rings. The Morgan fingerprint density at radius 3 is 2.33 bits per heavy atom. The molecule has 0 aliphatic carbocycles. The summed E-state index contributed by atoms with van der Waals surface area (Å²) in [6.45, 7) is 0.263. The van der Waals surface area contributed by atoms with Crippen LogP contribution in [0.5, 0.6) is 0 Å². The predicted molar refractivity (Wildman–Crippen MR) is 118 cm³/mol. The first-order chi connectivity index (χ1) is 14.7. The Kier molecular flexibility index (Phi) is 6.25. The fraction of sp³-hybridized carbons (Fsp3) is 0.0833. The second-order valence-corrected chi connectivity index (χ2v) is 7.67. The molecule has 150 valence electrons. The molecule has 4 aromatic rings. The zero-order valence-electron chi connectivity index (χ0n) is 16.4. The quantitative estimate of drug-likeness (QED) is 0.276. The Bertz CT molecular complexity index is 1130. The molecular formula is C24H20FN3OS. The van der Waals surface area contributed by atoms with Crippen molar-refractivity contribution in [1.82, 2.24) is 9.78 Å². The fourth-order valence-electron chi connectivity index (χ4n) is 2.95. The van der Waals surface area contributed by atoms with Gasteiger partial charge in [-0.2, -0.15) is 5.10 Å². The van der Waals surface area contributed by atoms with Crippen LogP contribution in [0.3, 0.4) is 0 Å². The Morgan fingerprint density at radius 1 is 0.967 bits per heavy atom. The lowest BCUT2D eigenvalue weighted by Gasteiger charge is -2.04. The van der Waals surface area contributed by atoms with E-state index in [-0.39, 0.29) is 12.4 Å². The second kappa shape index (κ2) is 9.41. The molecule has 0 spiro atoms. The molecule has 0 saturated heterocycles. The summed E-state index contributed by atoms with van der Waals surface area (Å²) in [4.78, 5) is 6.58. The summed E-state index contributed by atoms with van der Waals surface area (Å²) in [5.41, 5.74) is 3.58. The van der Waals surface area contributed by atoms with Gasteiger partial charge in [-0.25, -0.2) is 4.39 Å². The number of aryl methyl sites for hydroxylation is 1. The Hall–Kier alpha value is -3.38. The Labute approximate surface area is 179 Å². The van der Waals surface area contributed by atoms with Gasteiger partial charge in [0.15, 0.2) is 0 Å². The highest BCUT2D eigenvalue weighted by Crippen LogP contribution is 2.34. The Balaban J connectivity index is 1.62. The van der Waals surface area contributed by atoms with Gasteiger partial charge in [-0.15, -0.1) is 0 Å². The van der Waals surface area contributed by atoms with Gasteiger partial charge in [0.25, 0.3) is 0 Å². The minimum absolute atomic E-state index is 0.263. The maximum absolute atomic E-state index is 13.0. The predicted octanol–water partition coefficient (Wildman–Crippen LogP) is 5.93. The van der Waals surface area contributed by atoms with Crippen molar-refractivity contribution in [2.45, 2.75) is 16.5 Å². The van der Waals surface area contributed by atoms with Crippen LogP contribution in [0.2, 0.25) is 0 Å². The first kappa shape index (κ1) is 19.9. The molecule has 0 aliphatic rings. The van der Waals surface area contributed by atoms with E-state index in [0.717, 1.165) is 32.3 Å². The zero-order valence-corrected chi connectivity index (χ0v) is 17.2. The van der Waals surface area contributed by atoms with Crippen LogP contribution in [-0.2, 0) is 18.5 Å². The zero-order chi connectivity index (χ0) is 20.8. The van der Waals surface area contributed by atoms with Crippen molar-refractivity contribution in [3.8, 4) is 11.3 Å². The van der Waals surface area contributed by atoms with E-state index in [9.17, 15) is 4.39 Å². The first-order valence-electron chi connectivity index (χ1n) is 9.46. The fourth-order valence-corrected chi connectivity index (χ4v) is 3.90. The van der Waals surface area contributed by atoms with Crippen molar-refractivity contribution in [2.24, 2.45) is 12.2 Å². The first-order valence-corrected chi connectivity index (χ1v) is 10.3. The molecule has 1 aromatic heterocycles. The third-order valence-electron chi connectivity index (χ3n) is 4.44. The van der Waals surface area contributed by atoms with Crippen molar-refractivity contribution in [3.63, 3.8) is 0 Å². The summed E-state index contributed by atoms with van der Waals surface area (Å²) in [5.74, 6) is -0.271. The Morgan fingerprint density at radius 2 is 1.63 bits per heavy atom. The molecule has 0 amide bonds. The van der Waals surface area contributed by atoms with Crippen LogP contribution in [0.4, 0.5) is 4.39 Å². The largest absolute Gasteiger partial charge is 0.391 e. The third kappa shape index (κ3) is 4.78. The summed E-state index contributed by atoms with van der Waals surface area (Å²) < 4.78 is 14.9. The van der Waals surface area contributed by atoms with Gasteiger partial charge in [0, 0.05) is 17.5 Å². The van der Waals surface area contributed by atoms with E-state index in [1.54, 1.807) is 30.1 Å². The van der Waals surface area contributed by atoms with Gasteiger partial charge in [-0.3, -0.25) is 4.68 Å². The molecule has 0 radical (unpaired) electrons. The molecule has 4 rings (SSSR count). The normalized spacial score (nSPS) is 11.1. The smallest absolute Gasteiger partial charge is 0.142 e. The standard InChI is InChI=1S/C24H20FN3OS/c1-28-24(30-21-10-6-3-7-11-21)22(23(27-28)19-8-4-2-5-9-19)16-26-29-17-18-12-14-20(25)15-13-18/h2-16H,17H2,1H3/b26-16-. The van der Waals surface area contributed by atoms with Crippen LogP contribution in [0, 0.1) is 5.82 Å². The molecule has 1 heterocycles. The second-order valence-electron chi connectivity index (χ2n) is 6.61. The molecule has 3 aromatic carbocycles. The average Bonchev–Trinajstić information content (AvgIpc) is 3.09. The van der Waals surface area contributed by atoms with Crippen LogP contribution in [0.1, 0.15) is 11.1 Å². The molecule has 0 saturated carbocycles. The molecule has 0 bridgehead atoms. The monoisotopic (exact) mass is 417 g/mol. The number of nitrogens with zero attached hydrogens (tertiary/aromatic N) is 3. The maximum Gasteiger partial charge on any atom is 0.142 e. The van der Waals surface area contributed by atoms with E-state index in [4.69, 9.17) is 9.94 Å².